The molecule has 0 spiro atoms. The molecule has 2 rings (SSSR count). The SMILES string of the molecule is CCOC(=O)NC1CCCN(C(=O)c2ccc(C)nc2)C1. The maximum atomic E-state index is 12.4. The Morgan fingerprint density at radius 3 is 2.95 bits per heavy atom. The van der Waals surface area contributed by atoms with E-state index in [1.54, 1.807) is 24.1 Å². The van der Waals surface area contributed by atoms with Crippen LogP contribution < -0.4 is 5.32 Å². The molecule has 0 saturated carbocycles. The molecule has 1 unspecified atom stereocenters. The van der Waals surface area contributed by atoms with Crippen LogP contribution in [0.5, 0.6) is 0 Å². The number of amides is 2. The van der Waals surface area contributed by atoms with Crippen LogP contribution in [0.3, 0.4) is 0 Å². The number of aryl methyl sites for hydroxylation is 1. The fourth-order valence-electron chi connectivity index (χ4n) is 2.40. The highest BCUT2D eigenvalue weighted by Gasteiger charge is 2.25. The average Bonchev–Trinajstić information content (AvgIpc) is 2.48. The van der Waals surface area contributed by atoms with Crippen molar-refractivity contribution in [3.8, 4) is 0 Å². The van der Waals surface area contributed by atoms with E-state index in [9.17, 15) is 9.59 Å². The largest absolute Gasteiger partial charge is 0.450 e. The second kappa shape index (κ2) is 7.06. The van der Waals surface area contributed by atoms with Gasteiger partial charge in [0, 0.05) is 31.0 Å². The molecule has 2 amide bonds. The van der Waals surface area contributed by atoms with E-state index in [1.165, 1.54) is 0 Å². The van der Waals surface area contributed by atoms with Gasteiger partial charge in [-0.25, -0.2) is 4.79 Å². The summed E-state index contributed by atoms with van der Waals surface area (Å²) >= 11 is 0. The van der Waals surface area contributed by atoms with Gasteiger partial charge < -0.3 is 15.0 Å². The number of likely N-dealkylation sites (tertiary alicyclic amines) is 1. The quantitative estimate of drug-likeness (QED) is 0.920. The molecule has 1 aromatic rings. The minimum atomic E-state index is -0.422. The zero-order valence-corrected chi connectivity index (χ0v) is 12.5. The summed E-state index contributed by atoms with van der Waals surface area (Å²) in [4.78, 5) is 29.8. The molecule has 1 aromatic heterocycles. The molecular formula is C15H21N3O3. The molecule has 6 heteroatoms. The van der Waals surface area contributed by atoms with Crippen LogP contribution in [0.15, 0.2) is 18.3 Å². The highest BCUT2D eigenvalue weighted by molar-refractivity contribution is 5.94. The van der Waals surface area contributed by atoms with Crippen molar-refractivity contribution in [2.24, 2.45) is 0 Å². The molecule has 1 aliphatic rings. The third-order valence-electron chi connectivity index (χ3n) is 3.46. The molecule has 0 aromatic carbocycles. The number of hydrogen-bond acceptors (Lipinski definition) is 4. The summed E-state index contributed by atoms with van der Waals surface area (Å²) in [6.07, 6.45) is 2.89. The number of ether oxygens (including phenoxy) is 1. The summed E-state index contributed by atoms with van der Waals surface area (Å²) in [5, 5.41) is 2.79. The Labute approximate surface area is 124 Å². The summed E-state index contributed by atoms with van der Waals surface area (Å²) in [5.41, 5.74) is 1.46. The Morgan fingerprint density at radius 2 is 2.29 bits per heavy atom. The molecule has 114 valence electrons. The van der Waals surface area contributed by atoms with E-state index in [-0.39, 0.29) is 11.9 Å². The minimum Gasteiger partial charge on any atom is -0.450 e. The van der Waals surface area contributed by atoms with Gasteiger partial charge in [-0.3, -0.25) is 9.78 Å². The topological polar surface area (TPSA) is 71.5 Å². The third kappa shape index (κ3) is 4.18. The Bertz CT molecular complexity index is 501. The van der Waals surface area contributed by atoms with Gasteiger partial charge in [-0.1, -0.05) is 0 Å². The lowest BCUT2D eigenvalue weighted by Crippen LogP contribution is -2.49. The molecule has 1 atom stereocenters. The molecule has 2 heterocycles. The van der Waals surface area contributed by atoms with Crippen molar-refractivity contribution >= 4 is 12.0 Å². The van der Waals surface area contributed by atoms with E-state index < -0.39 is 6.09 Å². The summed E-state index contributed by atoms with van der Waals surface area (Å²) < 4.78 is 4.87. The van der Waals surface area contributed by atoms with Crippen LogP contribution >= 0.6 is 0 Å². The van der Waals surface area contributed by atoms with Crippen LogP contribution in [-0.4, -0.2) is 47.6 Å². The highest BCUT2D eigenvalue weighted by atomic mass is 16.5. The molecule has 0 bridgehead atoms. The number of aromatic nitrogens is 1. The van der Waals surface area contributed by atoms with Crippen molar-refractivity contribution in [2.45, 2.75) is 32.7 Å². The van der Waals surface area contributed by atoms with Gasteiger partial charge in [0.15, 0.2) is 0 Å². The normalized spacial score (nSPS) is 18.2. The first kappa shape index (κ1) is 15.3. The smallest absolute Gasteiger partial charge is 0.407 e. The first-order valence-corrected chi connectivity index (χ1v) is 7.25. The number of alkyl carbamates (subject to hydrolysis) is 1. The number of carbonyl (C=O) groups is 2. The molecule has 0 aliphatic carbocycles. The first-order chi connectivity index (χ1) is 10.1. The fraction of sp³-hybridized carbons (Fsp3) is 0.533. The molecule has 6 nitrogen and oxygen atoms in total. The minimum absolute atomic E-state index is 0.0436. The second-order valence-corrected chi connectivity index (χ2v) is 5.14. The number of pyridine rings is 1. The zero-order valence-electron chi connectivity index (χ0n) is 12.5. The predicted molar refractivity (Wildman–Crippen MR) is 78.1 cm³/mol. The molecule has 21 heavy (non-hydrogen) atoms. The number of rotatable bonds is 3. The van der Waals surface area contributed by atoms with E-state index in [0.29, 0.717) is 25.3 Å². The maximum Gasteiger partial charge on any atom is 0.407 e. The van der Waals surface area contributed by atoms with Crippen LogP contribution in [0.25, 0.3) is 0 Å². The fourth-order valence-corrected chi connectivity index (χ4v) is 2.40. The Balaban J connectivity index is 1.95. The lowest BCUT2D eigenvalue weighted by molar-refractivity contribution is 0.0685. The van der Waals surface area contributed by atoms with Crippen molar-refractivity contribution in [1.29, 1.82) is 0 Å². The predicted octanol–water partition coefficient (Wildman–Crippen LogP) is 1.74. The Morgan fingerprint density at radius 1 is 1.48 bits per heavy atom. The lowest BCUT2D eigenvalue weighted by Gasteiger charge is -2.32. The zero-order chi connectivity index (χ0) is 15.2. The van der Waals surface area contributed by atoms with Gasteiger partial charge in [0.25, 0.3) is 5.91 Å². The van der Waals surface area contributed by atoms with Gasteiger partial charge in [-0.05, 0) is 38.8 Å². The third-order valence-corrected chi connectivity index (χ3v) is 3.46. The van der Waals surface area contributed by atoms with Crippen molar-refractivity contribution in [2.75, 3.05) is 19.7 Å². The van der Waals surface area contributed by atoms with E-state index in [1.807, 2.05) is 13.0 Å². The molecule has 1 fully saturated rings. The van der Waals surface area contributed by atoms with Crippen molar-refractivity contribution < 1.29 is 14.3 Å². The van der Waals surface area contributed by atoms with Gasteiger partial charge in [0.1, 0.15) is 0 Å². The Kier molecular flexibility index (Phi) is 5.14. The number of carbonyl (C=O) groups excluding carboxylic acids is 2. The van der Waals surface area contributed by atoms with E-state index >= 15 is 0 Å². The van der Waals surface area contributed by atoms with Gasteiger partial charge in [0.2, 0.25) is 0 Å². The Hall–Kier alpha value is -2.11. The number of hydrogen-bond donors (Lipinski definition) is 1. The standard InChI is InChI=1S/C15H21N3O3/c1-3-21-15(20)17-13-5-4-8-18(10-13)14(19)12-7-6-11(2)16-9-12/h6-7,9,13H,3-5,8,10H2,1-2H3,(H,17,20). The van der Waals surface area contributed by atoms with Crippen molar-refractivity contribution in [1.82, 2.24) is 15.2 Å². The number of nitrogens with zero attached hydrogens (tertiary/aromatic N) is 2. The van der Waals surface area contributed by atoms with Crippen molar-refractivity contribution in [3.63, 3.8) is 0 Å². The molecule has 0 radical (unpaired) electrons. The summed E-state index contributed by atoms with van der Waals surface area (Å²) in [5.74, 6) is -0.0436. The van der Waals surface area contributed by atoms with Crippen LogP contribution in [-0.2, 0) is 4.74 Å². The van der Waals surface area contributed by atoms with E-state index in [0.717, 1.165) is 18.5 Å². The highest BCUT2D eigenvalue weighted by Crippen LogP contribution is 2.14. The van der Waals surface area contributed by atoms with Crippen molar-refractivity contribution in [3.05, 3.63) is 29.6 Å². The average molecular weight is 291 g/mol. The van der Waals surface area contributed by atoms with Gasteiger partial charge in [-0.2, -0.15) is 0 Å². The number of piperidine rings is 1. The van der Waals surface area contributed by atoms with E-state index in [4.69, 9.17) is 4.74 Å². The summed E-state index contributed by atoms with van der Waals surface area (Å²) in [7, 11) is 0. The molecule has 1 N–H and O–H groups in total. The maximum absolute atomic E-state index is 12.4. The van der Waals surface area contributed by atoms with Crippen LogP contribution in [0.2, 0.25) is 0 Å². The molecule has 1 aliphatic heterocycles. The second-order valence-electron chi connectivity index (χ2n) is 5.14. The van der Waals surface area contributed by atoms with E-state index in [2.05, 4.69) is 10.3 Å². The number of nitrogens with one attached hydrogen (secondary N) is 1. The van der Waals surface area contributed by atoms with Gasteiger partial charge in [0.05, 0.1) is 12.2 Å². The van der Waals surface area contributed by atoms with Crippen LogP contribution in [0.4, 0.5) is 4.79 Å². The monoisotopic (exact) mass is 291 g/mol. The molecule has 1 saturated heterocycles. The van der Waals surface area contributed by atoms with Crippen LogP contribution in [0, 0.1) is 6.92 Å². The van der Waals surface area contributed by atoms with Gasteiger partial charge in [-0.15, -0.1) is 0 Å². The summed E-state index contributed by atoms with van der Waals surface area (Å²) in [6.45, 7) is 5.20. The van der Waals surface area contributed by atoms with Gasteiger partial charge >= 0.3 is 6.09 Å². The summed E-state index contributed by atoms with van der Waals surface area (Å²) in [6, 6.07) is 3.55. The first-order valence-electron chi connectivity index (χ1n) is 7.25. The lowest BCUT2D eigenvalue weighted by atomic mass is 10.0. The van der Waals surface area contributed by atoms with Crippen LogP contribution in [0.1, 0.15) is 35.8 Å². The molecular weight excluding hydrogens is 270 g/mol.